The van der Waals surface area contributed by atoms with Gasteiger partial charge in [0.05, 0.1) is 11.6 Å². The van der Waals surface area contributed by atoms with Crippen LogP contribution >= 0.6 is 0 Å². The zero-order chi connectivity index (χ0) is 20.2. The second-order valence-corrected chi connectivity index (χ2v) is 7.36. The lowest BCUT2D eigenvalue weighted by atomic mass is 9.94. The van der Waals surface area contributed by atoms with E-state index in [-0.39, 0.29) is 5.82 Å². The second-order valence-electron chi connectivity index (χ2n) is 7.36. The van der Waals surface area contributed by atoms with Crippen LogP contribution in [0.5, 0.6) is 5.75 Å². The highest BCUT2D eigenvalue weighted by atomic mass is 19.1. The number of halogens is 1. The van der Waals surface area contributed by atoms with E-state index in [2.05, 4.69) is 13.0 Å². The van der Waals surface area contributed by atoms with Gasteiger partial charge in [0, 0.05) is 34.1 Å². The predicted molar refractivity (Wildman–Crippen MR) is 111 cm³/mol. The van der Waals surface area contributed by atoms with Crippen molar-refractivity contribution in [2.75, 3.05) is 0 Å². The third-order valence-corrected chi connectivity index (χ3v) is 5.44. The topological polar surface area (TPSA) is 45.9 Å². The zero-order valence-corrected chi connectivity index (χ0v) is 16.5. The van der Waals surface area contributed by atoms with Crippen LogP contribution in [0.1, 0.15) is 47.8 Å². The summed E-state index contributed by atoms with van der Waals surface area (Å²) in [4.78, 5) is 4.76. The van der Waals surface area contributed by atoms with E-state index in [0.29, 0.717) is 23.3 Å². The van der Waals surface area contributed by atoms with Crippen molar-refractivity contribution >= 4 is 0 Å². The normalized spacial score (nSPS) is 12.9. The Bertz CT molecular complexity index is 1080. The molecule has 0 fully saturated rings. The van der Waals surface area contributed by atoms with Gasteiger partial charge >= 0.3 is 0 Å². The Balaban J connectivity index is 1.57. The van der Waals surface area contributed by atoms with Gasteiger partial charge in [-0.05, 0) is 49.8 Å². The maximum atomic E-state index is 14.8. The smallest absolute Gasteiger partial charge is 0.131 e. The van der Waals surface area contributed by atoms with Crippen molar-refractivity contribution in [2.24, 2.45) is 0 Å². The van der Waals surface area contributed by atoms with Gasteiger partial charge in [-0.25, -0.2) is 4.39 Å². The molecule has 3 nitrogen and oxygen atoms in total. The molecule has 0 bridgehead atoms. The molecule has 2 aromatic carbocycles. The lowest BCUT2D eigenvalue weighted by molar-refractivity contribution is 0.299. The van der Waals surface area contributed by atoms with Crippen molar-refractivity contribution in [3.63, 3.8) is 0 Å². The Labute approximate surface area is 170 Å². The minimum Gasteiger partial charge on any atom is -0.488 e. The van der Waals surface area contributed by atoms with Gasteiger partial charge < -0.3 is 4.74 Å². The highest BCUT2D eigenvalue weighted by Crippen LogP contribution is 2.31. The van der Waals surface area contributed by atoms with E-state index in [0.717, 1.165) is 48.4 Å². The van der Waals surface area contributed by atoms with E-state index in [4.69, 9.17) is 9.72 Å². The summed E-state index contributed by atoms with van der Waals surface area (Å²) in [6, 6.07) is 16.3. The van der Waals surface area contributed by atoms with Crippen LogP contribution in [-0.4, -0.2) is 4.98 Å². The highest BCUT2D eigenvalue weighted by molar-refractivity contribution is 5.71. The van der Waals surface area contributed by atoms with Crippen LogP contribution in [0.2, 0.25) is 0 Å². The fraction of sp³-hybridized carbons (Fsp3) is 0.280. The quantitative estimate of drug-likeness (QED) is 0.558. The number of aromatic nitrogens is 1. The number of nitrogens with zero attached hydrogens (tertiary/aromatic N) is 2. The molecule has 0 atom stereocenters. The number of ether oxygens (including phenoxy) is 1. The molecule has 1 aliphatic carbocycles. The average Bonchev–Trinajstić information content (AvgIpc) is 2.77. The maximum absolute atomic E-state index is 14.8. The molecular formula is C25H23FN2O. The lowest BCUT2D eigenvalue weighted by Crippen LogP contribution is -2.10. The summed E-state index contributed by atoms with van der Waals surface area (Å²) in [7, 11) is 0. The maximum Gasteiger partial charge on any atom is 0.131 e. The number of benzene rings is 2. The third kappa shape index (κ3) is 4.00. The molecule has 146 valence electrons. The number of rotatable bonds is 5. The van der Waals surface area contributed by atoms with Crippen LogP contribution in [0.4, 0.5) is 4.39 Å². The van der Waals surface area contributed by atoms with Gasteiger partial charge in [0.15, 0.2) is 0 Å². The molecule has 4 heteroatoms. The van der Waals surface area contributed by atoms with Gasteiger partial charge in [-0.2, -0.15) is 5.26 Å². The number of aryl methyl sites for hydroxylation is 2. The van der Waals surface area contributed by atoms with E-state index in [1.807, 2.05) is 18.2 Å². The average molecular weight is 386 g/mol. The molecule has 3 aromatic rings. The van der Waals surface area contributed by atoms with E-state index in [1.54, 1.807) is 24.3 Å². The Morgan fingerprint density at radius 1 is 1.07 bits per heavy atom. The van der Waals surface area contributed by atoms with Crippen LogP contribution in [0.3, 0.4) is 0 Å². The molecule has 4 rings (SSSR count). The van der Waals surface area contributed by atoms with Crippen LogP contribution in [0.25, 0.3) is 11.1 Å². The molecule has 0 saturated heterocycles. The molecule has 1 aromatic heterocycles. The molecule has 0 spiro atoms. The summed E-state index contributed by atoms with van der Waals surface area (Å²) in [6.07, 6.45) is 5.17. The van der Waals surface area contributed by atoms with Gasteiger partial charge in [0.25, 0.3) is 0 Å². The van der Waals surface area contributed by atoms with Gasteiger partial charge in [-0.1, -0.05) is 37.3 Å². The Hall–Kier alpha value is -3.19. The van der Waals surface area contributed by atoms with Gasteiger partial charge in [-0.3, -0.25) is 4.98 Å². The van der Waals surface area contributed by atoms with E-state index in [9.17, 15) is 9.65 Å². The third-order valence-electron chi connectivity index (χ3n) is 5.44. The minimum atomic E-state index is -0.347. The molecule has 0 N–H and O–H groups in total. The fourth-order valence-electron chi connectivity index (χ4n) is 3.88. The number of fused-ring (bicyclic) bond motifs is 1. The lowest BCUT2D eigenvalue weighted by Gasteiger charge is -2.20. The summed E-state index contributed by atoms with van der Waals surface area (Å²) >= 11 is 0. The molecule has 1 aliphatic rings. The SMILES string of the molecule is CCc1cc(OCc2ccc(-c3ccccc3C#N)c(F)c2)c2c(n1)CCCC2. The molecule has 1 heterocycles. The van der Waals surface area contributed by atoms with Crippen molar-refractivity contribution in [3.05, 3.63) is 82.4 Å². The molecular weight excluding hydrogens is 363 g/mol. The van der Waals surface area contributed by atoms with Crippen LogP contribution < -0.4 is 4.74 Å². The van der Waals surface area contributed by atoms with Crippen molar-refractivity contribution in [3.8, 4) is 22.9 Å². The standard InChI is InChI=1S/C25H23FN2O/c1-2-19-14-25(22-9-5-6-10-24(22)28-19)29-16-17-11-12-21(23(26)13-17)20-8-4-3-7-18(20)15-27/h3-4,7-8,11-14H,2,5-6,9-10,16H2,1H3. The predicted octanol–water partition coefficient (Wildman–Crippen LogP) is 5.78. The summed E-state index contributed by atoms with van der Waals surface area (Å²) in [5.74, 6) is 0.533. The van der Waals surface area contributed by atoms with Crippen molar-refractivity contribution < 1.29 is 9.13 Å². The van der Waals surface area contributed by atoms with Crippen LogP contribution in [0.15, 0.2) is 48.5 Å². The summed E-state index contributed by atoms with van der Waals surface area (Å²) in [5.41, 5.74) is 5.66. The zero-order valence-electron chi connectivity index (χ0n) is 16.5. The largest absolute Gasteiger partial charge is 0.488 e. The number of hydrogen-bond donors (Lipinski definition) is 0. The van der Waals surface area contributed by atoms with E-state index < -0.39 is 0 Å². The Morgan fingerprint density at radius 3 is 2.69 bits per heavy atom. The Morgan fingerprint density at radius 2 is 1.90 bits per heavy atom. The minimum absolute atomic E-state index is 0.302. The summed E-state index contributed by atoms with van der Waals surface area (Å²) in [6.45, 7) is 2.39. The molecule has 29 heavy (non-hydrogen) atoms. The first kappa shape index (κ1) is 19.1. The second kappa shape index (κ2) is 8.45. The van der Waals surface area contributed by atoms with Gasteiger partial charge in [0.2, 0.25) is 0 Å². The van der Waals surface area contributed by atoms with Gasteiger partial charge in [-0.15, -0.1) is 0 Å². The van der Waals surface area contributed by atoms with E-state index >= 15 is 0 Å². The monoisotopic (exact) mass is 386 g/mol. The molecule has 0 saturated carbocycles. The first-order chi connectivity index (χ1) is 14.2. The van der Waals surface area contributed by atoms with Crippen LogP contribution in [0, 0.1) is 17.1 Å². The summed E-state index contributed by atoms with van der Waals surface area (Å²) < 4.78 is 20.9. The fourth-order valence-corrected chi connectivity index (χ4v) is 3.88. The van der Waals surface area contributed by atoms with Crippen molar-refractivity contribution in [2.45, 2.75) is 45.6 Å². The van der Waals surface area contributed by atoms with Crippen molar-refractivity contribution in [1.29, 1.82) is 5.26 Å². The van der Waals surface area contributed by atoms with Crippen molar-refractivity contribution in [1.82, 2.24) is 4.98 Å². The van der Waals surface area contributed by atoms with Gasteiger partial charge in [0.1, 0.15) is 18.2 Å². The first-order valence-electron chi connectivity index (χ1n) is 10.1. The van der Waals surface area contributed by atoms with E-state index in [1.165, 1.54) is 18.1 Å². The molecule has 0 radical (unpaired) electrons. The number of pyridine rings is 1. The number of hydrogen-bond acceptors (Lipinski definition) is 3. The number of nitriles is 1. The summed E-state index contributed by atoms with van der Waals surface area (Å²) in [5, 5.41) is 9.28. The first-order valence-corrected chi connectivity index (χ1v) is 10.1. The molecule has 0 amide bonds. The Kier molecular flexibility index (Phi) is 5.57. The molecule has 0 unspecified atom stereocenters. The molecule has 0 aliphatic heterocycles. The van der Waals surface area contributed by atoms with Crippen LogP contribution in [-0.2, 0) is 25.9 Å². The highest BCUT2D eigenvalue weighted by Gasteiger charge is 2.17.